The summed E-state index contributed by atoms with van der Waals surface area (Å²) in [5.74, 6) is -0.250. The van der Waals surface area contributed by atoms with Gasteiger partial charge in [-0.05, 0) is 17.7 Å². The smallest absolute Gasteiger partial charge is 0.345 e. The first-order chi connectivity index (χ1) is 13.7. The fraction of sp³-hybridized carbons (Fsp3) is 0.0455. The molecule has 2 heterocycles. The standard InChI is InChI=1S/C22H16N2O4/c25-21-19(22(26)28-14-17-12-7-13-27-17)18(15-8-3-1-4-9-15)20(23-24-21)16-10-5-2-6-11-16/h1-13H,14H2,(H,24,25). The van der Waals surface area contributed by atoms with Crippen LogP contribution < -0.4 is 5.56 Å². The van der Waals surface area contributed by atoms with Gasteiger partial charge >= 0.3 is 5.97 Å². The zero-order chi connectivity index (χ0) is 19.3. The molecule has 0 aliphatic heterocycles. The third-order valence-corrected chi connectivity index (χ3v) is 4.22. The Bertz CT molecular complexity index is 1130. The number of furan rings is 1. The minimum atomic E-state index is -0.740. The van der Waals surface area contributed by atoms with Crippen LogP contribution in [0.2, 0.25) is 0 Å². The summed E-state index contributed by atoms with van der Waals surface area (Å²) in [7, 11) is 0. The average molecular weight is 372 g/mol. The van der Waals surface area contributed by atoms with Crippen LogP contribution in [0.5, 0.6) is 0 Å². The largest absolute Gasteiger partial charge is 0.466 e. The molecule has 28 heavy (non-hydrogen) atoms. The van der Waals surface area contributed by atoms with Gasteiger partial charge in [-0.15, -0.1) is 0 Å². The summed E-state index contributed by atoms with van der Waals surface area (Å²) in [4.78, 5) is 25.4. The monoisotopic (exact) mass is 372 g/mol. The Morgan fingerprint density at radius 2 is 1.61 bits per heavy atom. The number of nitrogens with one attached hydrogen (secondary N) is 1. The number of ether oxygens (including phenoxy) is 1. The molecule has 0 aliphatic rings. The molecule has 6 heteroatoms. The van der Waals surface area contributed by atoms with Crippen LogP contribution in [0, 0.1) is 0 Å². The highest BCUT2D eigenvalue weighted by Crippen LogP contribution is 2.31. The molecule has 0 saturated carbocycles. The van der Waals surface area contributed by atoms with Crippen molar-refractivity contribution in [1.29, 1.82) is 0 Å². The molecule has 2 aromatic carbocycles. The van der Waals surface area contributed by atoms with Gasteiger partial charge < -0.3 is 9.15 Å². The van der Waals surface area contributed by atoms with Crippen LogP contribution in [0.25, 0.3) is 22.4 Å². The maximum Gasteiger partial charge on any atom is 0.345 e. The van der Waals surface area contributed by atoms with E-state index in [4.69, 9.17) is 9.15 Å². The van der Waals surface area contributed by atoms with Crippen molar-refractivity contribution in [3.05, 3.63) is 101 Å². The van der Waals surface area contributed by atoms with Gasteiger partial charge in [0.1, 0.15) is 17.9 Å². The lowest BCUT2D eigenvalue weighted by Gasteiger charge is -2.13. The topological polar surface area (TPSA) is 85.2 Å². The van der Waals surface area contributed by atoms with Gasteiger partial charge in [-0.1, -0.05) is 60.7 Å². The number of hydrogen-bond acceptors (Lipinski definition) is 5. The molecule has 0 spiro atoms. The van der Waals surface area contributed by atoms with E-state index in [1.165, 1.54) is 6.26 Å². The van der Waals surface area contributed by atoms with Crippen molar-refractivity contribution < 1.29 is 13.9 Å². The first kappa shape index (κ1) is 17.5. The summed E-state index contributed by atoms with van der Waals surface area (Å²) in [6.07, 6.45) is 1.49. The summed E-state index contributed by atoms with van der Waals surface area (Å²) in [5, 5.41) is 6.64. The number of rotatable bonds is 5. The number of nitrogens with zero attached hydrogens (tertiary/aromatic N) is 1. The highest BCUT2D eigenvalue weighted by Gasteiger charge is 2.24. The Balaban J connectivity index is 1.85. The number of aromatic amines is 1. The summed E-state index contributed by atoms with van der Waals surface area (Å²) in [6, 6.07) is 21.9. The van der Waals surface area contributed by atoms with Gasteiger partial charge in [0.25, 0.3) is 5.56 Å². The third kappa shape index (κ3) is 3.48. The molecule has 0 fully saturated rings. The van der Waals surface area contributed by atoms with Gasteiger partial charge in [0, 0.05) is 11.1 Å². The average Bonchev–Trinajstić information content (AvgIpc) is 3.27. The van der Waals surface area contributed by atoms with Crippen LogP contribution in [-0.2, 0) is 11.3 Å². The molecule has 4 rings (SSSR count). The maximum absolute atomic E-state index is 12.8. The quantitative estimate of drug-likeness (QED) is 0.534. The first-order valence-electron chi connectivity index (χ1n) is 8.67. The molecular weight excluding hydrogens is 356 g/mol. The van der Waals surface area contributed by atoms with Crippen molar-refractivity contribution in [1.82, 2.24) is 10.2 Å². The van der Waals surface area contributed by atoms with Gasteiger partial charge in [0.05, 0.1) is 12.0 Å². The lowest BCUT2D eigenvalue weighted by molar-refractivity contribution is 0.0444. The van der Waals surface area contributed by atoms with Crippen molar-refractivity contribution >= 4 is 5.97 Å². The molecule has 1 N–H and O–H groups in total. The van der Waals surface area contributed by atoms with E-state index < -0.39 is 11.5 Å². The lowest BCUT2D eigenvalue weighted by Crippen LogP contribution is -2.23. The Labute approximate surface area is 160 Å². The van der Waals surface area contributed by atoms with Crippen molar-refractivity contribution in [2.45, 2.75) is 6.61 Å². The SMILES string of the molecule is O=C(OCc1ccco1)c1c(-c2ccccc2)c(-c2ccccc2)n[nH]c1=O. The normalized spacial score (nSPS) is 10.6. The predicted octanol–water partition coefficient (Wildman–Crippen LogP) is 4.05. The highest BCUT2D eigenvalue weighted by molar-refractivity contribution is 6.00. The van der Waals surface area contributed by atoms with Crippen molar-refractivity contribution in [2.24, 2.45) is 0 Å². The summed E-state index contributed by atoms with van der Waals surface area (Å²) >= 11 is 0. The number of carbonyl (C=O) groups excluding carboxylic acids is 1. The number of H-pyrrole nitrogens is 1. The molecule has 4 aromatic rings. The molecule has 0 atom stereocenters. The molecule has 0 unspecified atom stereocenters. The molecule has 0 bridgehead atoms. The number of benzene rings is 2. The first-order valence-corrected chi connectivity index (χ1v) is 8.67. The van der Waals surface area contributed by atoms with Crippen molar-refractivity contribution in [3.63, 3.8) is 0 Å². The maximum atomic E-state index is 12.8. The van der Waals surface area contributed by atoms with Crippen LogP contribution in [-0.4, -0.2) is 16.2 Å². The predicted molar refractivity (Wildman–Crippen MR) is 104 cm³/mol. The van der Waals surface area contributed by atoms with Crippen LogP contribution in [0.15, 0.2) is 88.3 Å². The molecule has 6 nitrogen and oxygen atoms in total. The third-order valence-electron chi connectivity index (χ3n) is 4.22. The van der Waals surface area contributed by atoms with E-state index in [2.05, 4.69) is 10.2 Å². The number of hydrogen-bond donors (Lipinski definition) is 1. The summed E-state index contributed by atoms with van der Waals surface area (Å²) < 4.78 is 10.5. The molecule has 0 aliphatic carbocycles. The molecule has 138 valence electrons. The van der Waals surface area contributed by atoms with Crippen molar-refractivity contribution in [2.75, 3.05) is 0 Å². The van der Waals surface area contributed by atoms with E-state index in [-0.39, 0.29) is 12.2 Å². The van der Waals surface area contributed by atoms with Gasteiger partial charge in [-0.3, -0.25) is 4.79 Å². The fourth-order valence-electron chi connectivity index (χ4n) is 2.94. The molecule has 0 saturated heterocycles. The Morgan fingerprint density at radius 1 is 0.929 bits per heavy atom. The minimum Gasteiger partial charge on any atom is -0.466 e. The van der Waals surface area contributed by atoms with Gasteiger partial charge in [-0.25, -0.2) is 9.89 Å². The Hall–Kier alpha value is -3.93. The summed E-state index contributed by atoms with van der Waals surface area (Å²) in [6.45, 7) is -0.0670. The highest BCUT2D eigenvalue weighted by atomic mass is 16.5. The second-order valence-electron chi connectivity index (χ2n) is 6.04. The van der Waals surface area contributed by atoms with Crippen LogP contribution in [0.4, 0.5) is 0 Å². The van der Waals surface area contributed by atoms with Crippen molar-refractivity contribution in [3.8, 4) is 22.4 Å². The van der Waals surface area contributed by atoms with E-state index in [0.717, 1.165) is 5.56 Å². The van der Waals surface area contributed by atoms with Gasteiger partial charge in [0.2, 0.25) is 0 Å². The van der Waals surface area contributed by atoms with Crippen LogP contribution >= 0.6 is 0 Å². The van der Waals surface area contributed by atoms with E-state index >= 15 is 0 Å². The Kier molecular flexibility index (Phi) is 4.84. The fourth-order valence-corrected chi connectivity index (χ4v) is 2.94. The Morgan fingerprint density at radius 3 is 2.25 bits per heavy atom. The number of esters is 1. The van der Waals surface area contributed by atoms with E-state index in [9.17, 15) is 9.59 Å². The second kappa shape index (κ2) is 7.75. The zero-order valence-corrected chi connectivity index (χ0v) is 14.8. The lowest BCUT2D eigenvalue weighted by atomic mass is 9.95. The van der Waals surface area contributed by atoms with E-state index in [0.29, 0.717) is 22.6 Å². The number of carbonyl (C=O) groups is 1. The summed E-state index contributed by atoms with van der Waals surface area (Å²) in [5.41, 5.74) is 1.70. The zero-order valence-electron chi connectivity index (χ0n) is 14.8. The molecular formula is C22H16N2O4. The minimum absolute atomic E-state index is 0.0670. The van der Waals surface area contributed by atoms with Gasteiger partial charge in [-0.2, -0.15) is 5.10 Å². The second-order valence-corrected chi connectivity index (χ2v) is 6.04. The van der Waals surface area contributed by atoms with Gasteiger partial charge in [0.15, 0.2) is 0 Å². The number of aromatic nitrogens is 2. The molecule has 0 amide bonds. The molecule has 2 aromatic heterocycles. The molecule has 0 radical (unpaired) electrons. The van der Waals surface area contributed by atoms with Crippen LogP contribution in [0.3, 0.4) is 0 Å². The van der Waals surface area contributed by atoms with E-state index in [1.54, 1.807) is 12.1 Å². The van der Waals surface area contributed by atoms with E-state index in [1.807, 2.05) is 60.7 Å². The van der Waals surface area contributed by atoms with Crippen LogP contribution in [0.1, 0.15) is 16.1 Å².